The minimum atomic E-state index is -0.931. The molecule has 4 nitrogen and oxygen atoms in total. The number of carbonyl (C=O) groups excluding carboxylic acids is 2. The van der Waals surface area contributed by atoms with Gasteiger partial charge in [-0.3, -0.25) is 9.69 Å². The SMILES string of the molecule is CC[C@]1(c2ccccc2)C(=O)N(C)C(=O)NC1=S. The van der Waals surface area contributed by atoms with E-state index in [-0.39, 0.29) is 10.9 Å². The van der Waals surface area contributed by atoms with Crippen LogP contribution in [-0.4, -0.2) is 28.9 Å². The Morgan fingerprint density at radius 3 is 2.44 bits per heavy atom. The molecular formula is C13H14N2O2S. The monoisotopic (exact) mass is 262 g/mol. The van der Waals surface area contributed by atoms with Crippen LogP contribution in [0.2, 0.25) is 0 Å². The number of benzene rings is 1. The number of likely N-dealkylation sites (N-methyl/N-ethyl adjacent to an activating group) is 1. The summed E-state index contributed by atoms with van der Waals surface area (Å²) in [6.45, 7) is 1.89. The standard InChI is InChI=1S/C13H14N2O2S/c1-3-13(9-7-5-4-6-8-9)10(18)14-12(17)15(2)11(13)16/h4-8H,3H2,1-2H3,(H,14,17,18)/t13-/m1/s1. The maximum atomic E-state index is 12.5. The van der Waals surface area contributed by atoms with Crippen LogP contribution in [0.1, 0.15) is 18.9 Å². The summed E-state index contributed by atoms with van der Waals surface area (Å²) in [5.41, 5.74) is -0.117. The Labute approximate surface area is 111 Å². The largest absolute Gasteiger partial charge is 0.328 e. The Morgan fingerprint density at radius 2 is 1.89 bits per heavy atom. The molecule has 0 radical (unpaired) electrons. The zero-order valence-electron chi connectivity index (χ0n) is 10.3. The highest BCUT2D eigenvalue weighted by Crippen LogP contribution is 2.33. The van der Waals surface area contributed by atoms with Gasteiger partial charge in [0.15, 0.2) is 0 Å². The van der Waals surface area contributed by atoms with E-state index in [1.165, 1.54) is 7.05 Å². The number of rotatable bonds is 2. The molecule has 0 unspecified atom stereocenters. The van der Waals surface area contributed by atoms with Gasteiger partial charge >= 0.3 is 6.03 Å². The van der Waals surface area contributed by atoms with Crippen LogP contribution in [0.4, 0.5) is 4.79 Å². The summed E-state index contributed by atoms with van der Waals surface area (Å²) >= 11 is 5.25. The van der Waals surface area contributed by atoms with Crippen molar-refractivity contribution in [3.63, 3.8) is 0 Å². The summed E-state index contributed by atoms with van der Waals surface area (Å²) < 4.78 is 0. The molecular weight excluding hydrogens is 248 g/mol. The van der Waals surface area contributed by atoms with Crippen molar-refractivity contribution in [1.29, 1.82) is 0 Å². The number of thiocarbonyl (C=S) groups is 1. The molecule has 1 atom stereocenters. The molecule has 1 N–H and O–H groups in total. The van der Waals surface area contributed by atoms with Gasteiger partial charge in [-0.1, -0.05) is 49.5 Å². The van der Waals surface area contributed by atoms with Crippen LogP contribution >= 0.6 is 12.2 Å². The maximum Gasteiger partial charge on any atom is 0.328 e. The molecule has 94 valence electrons. The Hall–Kier alpha value is -1.75. The molecule has 1 saturated heterocycles. The van der Waals surface area contributed by atoms with Crippen LogP contribution in [-0.2, 0) is 10.2 Å². The fourth-order valence-electron chi connectivity index (χ4n) is 2.26. The average Bonchev–Trinajstić information content (AvgIpc) is 2.39. The predicted octanol–water partition coefficient (Wildman–Crippen LogP) is 1.84. The zero-order chi connectivity index (χ0) is 13.3. The van der Waals surface area contributed by atoms with E-state index in [4.69, 9.17) is 12.2 Å². The quantitative estimate of drug-likeness (QED) is 0.827. The van der Waals surface area contributed by atoms with E-state index in [0.717, 1.165) is 10.5 Å². The van der Waals surface area contributed by atoms with Crippen LogP contribution in [0.3, 0.4) is 0 Å². The van der Waals surface area contributed by atoms with Crippen LogP contribution in [0.5, 0.6) is 0 Å². The third kappa shape index (κ3) is 1.62. The van der Waals surface area contributed by atoms with Gasteiger partial charge in [-0.05, 0) is 12.0 Å². The average molecular weight is 262 g/mol. The number of urea groups is 1. The van der Waals surface area contributed by atoms with Crippen molar-refractivity contribution >= 4 is 29.1 Å². The molecule has 1 aliphatic heterocycles. The molecule has 2 rings (SSSR count). The second-order valence-corrected chi connectivity index (χ2v) is 4.66. The molecule has 0 aromatic heterocycles. The summed E-state index contributed by atoms with van der Waals surface area (Å²) in [6, 6.07) is 8.85. The van der Waals surface area contributed by atoms with Crippen LogP contribution < -0.4 is 5.32 Å². The smallest absolute Gasteiger partial charge is 0.300 e. The van der Waals surface area contributed by atoms with Gasteiger partial charge in [-0.25, -0.2) is 4.79 Å². The lowest BCUT2D eigenvalue weighted by Gasteiger charge is -2.39. The first-order chi connectivity index (χ1) is 8.54. The number of imide groups is 1. The number of hydrogen-bond acceptors (Lipinski definition) is 3. The second-order valence-electron chi connectivity index (χ2n) is 4.25. The molecule has 0 bridgehead atoms. The van der Waals surface area contributed by atoms with E-state index in [2.05, 4.69) is 5.32 Å². The highest BCUT2D eigenvalue weighted by atomic mass is 32.1. The van der Waals surface area contributed by atoms with Crippen molar-refractivity contribution in [2.75, 3.05) is 7.05 Å². The molecule has 1 heterocycles. The first-order valence-corrected chi connectivity index (χ1v) is 6.14. The van der Waals surface area contributed by atoms with Crippen LogP contribution in [0.25, 0.3) is 0 Å². The van der Waals surface area contributed by atoms with Crippen molar-refractivity contribution in [2.45, 2.75) is 18.8 Å². The molecule has 1 aromatic rings. The Kier molecular flexibility index (Phi) is 3.17. The van der Waals surface area contributed by atoms with Crippen molar-refractivity contribution < 1.29 is 9.59 Å². The van der Waals surface area contributed by atoms with E-state index >= 15 is 0 Å². The highest BCUT2D eigenvalue weighted by Gasteiger charge is 2.49. The summed E-state index contributed by atoms with van der Waals surface area (Å²) in [6.07, 6.45) is 0.513. The van der Waals surface area contributed by atoms with E-state index in [0.29, 0.717) is 6.42 Å². The molecule has 0 saturated carbocycles. The number of nitrogens with zero attached hydrogens (tertiary/aromatic N) is 1. The normalized spacial score (nSPS) is 24.1. The number of carbonyl (C=O) groups is 2. The summed E-state index contributed by atoms with van der Waals surface area (Å²) in [5.74, 6) is -0.273. The van der Waals surface area contributed by atoms with Gasteiger partial charge in [-0.15, -0.1) is 0 Å². The van der Waals surface area contributed by atoms with Crippen molar-refractivity contribution in [2.24, 2.45) is 0 Å². The Morgan fingerprint density at radius 1 is 1.28 bits per heavy atom. The summed E-state index contributed by atoms with van der Waals surface area (Å²) in [4.78, 5) is 25.4. The Balaban J connectivity index is 2.58. The first kappa shape index (κ1) is 12.7. The molecule has 1 aliphatic rings. The van der Waals surface area contributed by atoms with Crippen molar-refractivity contribution in [3.8, 4) is 0 Å². The van der Waals surface area contributed by atoms with Gasteiger partial charge in [-0.2, -0.15) is 0 Å². The lowest BCUT2D eigenvalue weighted by atomic mass is 9.75. The molecule has 1 fully saturated rings. The van der Waals surface area contributed by atoms with Crippen molar-refractivity contribution in [1.82, 2.24) is 10.2 Å². The minimum absolute atomic E-state index is 0.273. The van der Waals surface area contributed by atoms with Gasteiger partial charge in [0, 0.05) is 7.05 Å². The summed E-state index contributed by atoms with van der Waals surface area (Å²) in [7, 11) is 1.47. The number of nitrogens with one attached hydrogen (secondary N) is 1. The van der Waals surface area contributed by atoms with Gasteiger partial charge < -0.3 is 5.32 Å². The minimum Gasteiger partial charge on any atom is -0.300 e. The third-order valence-corrected chi connectivity index (χ3v) is 3.83. The zero-order valence-corrected chi connectivity index (χ0v) is 11.1. The first-order valence-electron chi connectivity index (χ1n) is 5.73. The van der Waals surface area contributed by atoms with E-state index in [1.54, 1.807) is 0 Å². The van der Waals surface area contributed by atoms with E-state index < -0.39 is 11.4 Å². The fraction of sp³-hybridized carbons (Fsp3) is 0.308. The number of hydrogen-bond donors (Lipinski definition) is 1. The van der Waals surface area contributed by atoms with Gasteiger partial charge in [0.1, 0.15) is 10.4 Å². The topological polar surface area (TPSA) is 49.4 Å². The predicted molar refractivity (Wildman–Crippen MR) is 72.3 cm³/mol. The van der Waals surface area contributed by atoms with Crippen LogP contribution in [0.15, 0.2) is 30.3 Å². The second kappa shape index (κ2) is 4.49. The lowest BCUT2D eigenvalue weighted by Crippen LogP contribution is -2.64. The maximum absolute atomic E-state index is 12.5. The molecule has 18 heavy (non-hydrogen) atoms. The van der Waals surface area contributed by atoms with Gasteiger partial charge in [0.05, 0.1) is 0 Å². The van der Waals surface area contributed by atoms with Gasteiger partial charge in [0.2, 0.25) is 5.91 Å². The highest BCUT2D eigenvalue weighted by molar-refractivity contribution is 7.80. The molecule has 0 spiro atoms. The fourth-order valence-corrected chi connectivity index (χ4v) is 2.69. The summed E-state index contributed by atoms with van der Waals surface area (Å²) in [5, 5.41) is 2.60. The van der Waals surface area contributed by atoms with Gasteiger partial charge in [0.25, 0.3) is 0 Å². The third-order valence-electron chi connectivity index (χ3n) is 3.38. The molecule has 5 heteroatoms. The van der Waals surface area contributed by atoms with E-state index in [1.807, 2.05) is 37.3 Å². The molecule has 1 aromatic carbocycles. The lowest BCUT2D eigenvalue weighted by molar-refractivity contribution is -0.131. The van der Waals surface area contributed by atoms with Crippen LogP contribution in [0, 0.1) is 0 Å². The number of amides is 3. The molecule has 0 aliphatic carbocycles. The Bertz CT molecular complexity index is 515. The van der Waals surface area contributed by atoms with Crippen molar-refractivity contribution in [3.05, 3.63) is 35.9 Å². The molecule has 3 amide bonds. The van der Waals surface area contributed by atoms with E-state index in [9.17, 15) is 9.59 Å².